The maximum absolute atomic E-state index is 12.9. The summed E-state index contributed by atoms with van der Waals surface area (Å²) in [4.78, 5) is 0. The molecule has 0 aliphatic carbocycles. The van der Waals surface area contributed by atoms with Crippen molar-refractivity contribution in [2.24, 2.45) is 5.73 Å². The van der Waals surface area contributed by atoms with Gasteiger partial charge in [-0.25, -0.2) is 8.78 Å². The van der Waals surface area contributed by atoms with Crippen LogP contribution in [0.4, 0.5) is 8.78 Å². The third-order valence-electron chi connectivity index (χ3n) is 1.87. The maximum atomic E-state index is 12.9. The van der Waals surface area contributed by atoms with Crippen molar-refractivity contribution in [2.45, 2.75) is 12.8 Å². The molecule has 2 nitrogen and oxygen atoms in total. The fourth-order valence-electron chi connectivity index (χ4n) is 1.12. The van der Waals surface area contributed by atoms with E-state index in [0.717, 1.165) is 6.07 Å². The van der Waals surface area contributed by atoms with E-state index in [-0.39, 0.29) is 10.2 Å². The highest BCUT2D eigenvalue weighted by atomic mass is 79.9. The zero-order chi connectivity index (χ0) is 10.7. The molecule has 0 atom stereocenters. The Balaban J connectivity index is 3.06. The first-order valence-corrected chi connectivity index (χ1v) is 4.92. The molecule has 5 heteroatoms. The van der Waals surface area contributed by atoms with Crippen LogP contribution >= 0.6 is 15.9 Å². The van der Waals surface area contributed by atoms with Gasteiger partial charge in [-0.2, -0.15) is 0 Å². The molecule has 0 amide bonds. The topological polar surface area (TPSA) is 46.2 Å². The number of hydrogen-bond acceptors (Lipinski definition) is 2. The maximum Gasteiger partial charge on any atom is 0.176 e. The van der Waals surface area contributed by atoms with Gasteiger partial charge in [0.25, 0.3) is 0 Å². The molecule has 0 saturated heterocycles. The molecule has 14 heavy (non-hydrogen) atoms. The van der Waals surface area contributed by atoms with Gasteiger partial charge in [0, 0.05) is 0 Å². The van der Waals surface area contributed by atoms with Crippen molar-refractivity contribution in [3.63, 3.8) is 0 Å². The van der Waals surface area contributed by atoms with E-state index in [2.05, 4.69) is 15.9 Å². The third-order valence-corrected chi connectivity index (χ3v) is 2.59. The zero-order valence-electron chi connectivity index (χ0n) is 7.36. The molecule has 1 aromatic carbocycles. The minimum atomic E-state index is -1.07. The van der Waals surface area contributed by atoms with Crippen molar-refractivity contribution in [1.29, 1.82) is 0 Å². The number of aryl methyl sites for hydroxylation is 1. The van der Waals surface area contributed by atoms with E-state index < -0.39 is 11.6 Å². The van der Waals surface area contributed by atoms with Crippen LogP contribution in [-0.4, -0.2) is 11.7 Å². The van der Waals surface area contributed by atoms with Crippen LogP contribution < -0.4 is 5.73 Å². The van der Waals surface area contributed by atoms with Gasteiger partial charge in [0.2, 0.25) is 0 Å². The van der Waals surface area contributed by atoms with Gasteiger partial charge in [-0.1, -0.05) is 0 Å². The number of aromatic hydroxyl groups is 1. The Hall–Kier alpha value is -0.680. The summed E-state index contributed by atoms with van der Waals surface area (Å²) in [5, 5.41) is 9.44. The number of hydrogen-bond donors (Lipinski definition) is 2. The second kappa shape index (κ2) is 4.70. The number of rotatable bonds is 3. The molecule has 0 spiro atoms. The fraction of sp³-hybridized carbons (Fsp3) is 0.333. The zero-order valence-corrected chi connectivity index (χ0v) is 8.94. The van der Waals surface area contributed by atoms with Gasteiger partial charge in [-0.3, -0.25) is 0 Å². The minimum Gasteiger partial charge on any atom is -0.506 e. The van der Waals surface area contributed by atoms with E-state index in [0.29, 0.717) is 24.9 Å². The highest BCUT2D eigenvalue weighted by Crippen LogP contribution is 2.32. The molecule has 0 heterocycles. The largest absolute Gasteiger partial charge is 0.506 e. The van der Waals surface area contributed by atoms with Crippen LogP contribution in [0.25, 0.3) is 0 Å². The fourth-order valence-corrected chi connectivity index (χ4v) is 1.56. The van der Waals surface area contributed by atoms with Crippen molar-refractivity contribution in [3.8, 4) is 5.75 Å². The first kappa shape index (κ1) is 11.4. The summed E-state index contributed by atoms with van der Waals surface area (Å²) in [6, 6.07) is 0.991. The van der Waals surface area contributed by atoms with Crippen LogP contribution in [-0.2, 0) is 6.42 Å². The predicted octanol–water partition coefficient (Wildman–Crippen LogP) is 2.32. The molecule has 1 aromatic rings. The molecular formula is C9H10BrF2NO. The van der Waals surface area contributed by atoms with Crippen molar-refractivity contribution >= 4 is 15.9 Å². The first-order valence-electron chi connectivity index (χ1n) is 4.13. The molecule has 0 aliphatic heterocycles. The van der Waals surface area contributed by atoms with Gasteiger partial charge in [0.1, 0.15) is 5.75 Å². The average Bonchev–Trinajstić information content (AvgIpc) is 2.18. The Morgan fingerprint density at radius 2 is 2.07 bits per heavy atom. The van der Waals surface area contributed by atoms with Gasteiger partial charge >= 0.3 is 0 Å². The molecule has 0 unspecified atom stereocenters. The summed E-state index contributed by atoms with van der Waals surface area (Å²) in [6.45, 7) is 0.441. The summed E-state index contributed by atoms with van der Waals surface area (Å²) in [6.07, 6.45) is 1.04. The SMILES string of the molecule is NCCCc1cc(F)c(F)c(Br)c1O. The van der Waals surface area contributed by atoms with Crippen molar-refractivity contribution in [1.82, 2.24) is 0 Å². The lowest BCUT2D eigenvalue weighted by atomic mass is 10.1. The minimum absolute atomic E-state index is 0.232. The van der Waals surface area contributed by atoms with Gasteiger partial charge in [0.05, 0.1) is 4.47 Å². The Labute approximate surface area is 88.9 Å². The molecule has 0 saturated carbocycles. The number of nitrogens with two attached hydrogens (primary N) is 1. The van der Waals surface area contributed by atoms with E-state index in [1.807, 2.05) is 0 Å². The molecule has 0 aromatic heterocycles. The molecule has 1 rings (SSSR count). The highest BCUT2D eigenvalue weighted by molar-refractivity contribution is 9.10. The molecular weight excluding hydrogens is 256 g/mol. The average molecular weight is 266 g/mol. The Morgan fingerprint density at radius 3 is 2.64 bits per heavy atom. The van der Waals surface area contributed by atoms with Crippen LogP contribution in [0.5, 0.6) is 5.75 Å². The highest BCUT2D eigenvalue weighted by Gasteiger charge is 2.15. The number of halogens is 3. The van der Waals surface area contributed by atoms with Gasteiger partial charge in [0.15, 0.2) is 11.6 Å². The van der Waals surface area contributed by atoms with E-state index in [1.54, 1.807) is 0 Å². The quantitative estimate of drug-likeness (QED) is 0.825. The molecule has 3 N–H and O–H groups in total. The normalized spacial score (nSPS) is 10.6. The Bertz CT molecular complexity index is 344. The van der Waals surface area contributed by atoms with Crippen molar-refractivity contribution in [3.05, 3.63) is 27.7 Å². The summed E-state index contributed by atoms with van der Waals surface area (Å²) >= 11 is 2.78. The van der Waals surface area contributed by atoms with E-state index in [4.69, 9.17) is 5.73 Å². The lowest BCUT2D eigenvalue weighted by molar-refractivity contribution is 0.440. The van der Waals surface area contributed by atoms with Crippen LogP contribution in [0.3, 0.4) is 0 Å². The molecule has 0 radical (unpaired) electrons. The first-order chi connectivity index (χ1) is 6.57. The standard InChI is InChI=1S/C9H10BrF2NO/c10-7-8(12)6(11)4-5(9(7)14)2-1-3-13/h4,14H,1-3,13H2. The molecule has 0 fully saturated rings. The lowest BCUT2D eigenvalue weighted by Crippen LogP contribution is -2.01. The van der Waals surface area contributed by atoms with E-state index in [1.165, 1.54) is 0 Å². The van der Waals surface area contributed by atoms with Crippen LogP contribution in [0.1, 0.15) is 12.0 Å². The Kier molecular flexibility index (Phi) is 3.83. The van der Waals surface area contributed by atoms with E-state index >= 15 is 0 Å². The molecule has 0 bridgehead atoms. The summed E-state index contributed by atoms with van der Waals surface area (Å²) < 4.78 is 25.6. The van der Waals surface area contributed by atoms with E-state index in [9.17, 15) is 13.9 Å². The van der Waals surface area contributed by atoms with Crippen molar-refractivity contribution in [2.75, 3.05) is 6.54 Å². The second-order valence-corrected chi connectivity index (χ2v) is 3.68. The monoisotopic (exact) mass is 265 g/mol. The Morgan fingerprint density at radius 1 is 1.43 bits per heavy atom. The molecule has 78 valence electrons. The second-order valence-electron chi connectivity index (χ2n) is 2.89. The van der Waals surface area contributed by atoms with Crippen molar-refractivity contribution < 1.29 is 13.9 Å². The van der Waals surface area contributed by atoms with Gasteiger partial charge < -0.3 is 10.8 Å². The van der Waals surface area contributed by atoms with Crippen LogP contribution in [0.2, 0.25) is 0 Å². The number of phenolic OH excluding ortho intramolecular Hbond substituents is 1. The van der Waals surface area contributed by atoms with Gasteiger partial charge in [-0.15, -0.1) is 0 Å². The molecule has 0 aliphatic rings. The number of phenols is 1. The van der Waals surface area contributed by atoms with Crippen LogP contribution in [0.15, 0.2) is 10.5 Å². The summed E-state index contributed by atoms with van der Waals surface area (Å²) in [7, 11) is 0. The van der Waals surface area contributed by atoms with Gasteiger partial charge in [-0.05, 0) is 46.9 Å². The summed E-state index contributed by atoms with van der Waals surface area (Å²) in [5.41, 5.74) is 5.63. The number of benzene rings is 1. The third kappa shape index (κ3) is 2.22. The van der Waals surface area contributed by atoms with Crippen LogP contribution in [0, 0.1) is 11.6 Å². The predicted molar refractivity (Wildman–Crippen MR) is 53.1 cm³/mol. The smallest absolute Gasteiger partial charge is 0.176 e. The lowest BCUT2D eigenvalue weighted by Gasteiger charge is -2.07. The summed E-state index contributed by atoms with van der Waals surface area (Å²) in [5.74, 6) is -2.29.